The van der Waals surface area contributed by atoms with E-state index in [2.05, 4.69) is 17.6 Å². The third-order valence-corrected chi connectivity index (χ3v) is 1.38. The zero-order chi connectivity index (χ0) is 7.98. The number of likely N-dealkylation sites (N-methyl/N-ethyl adjacent to an activating group) is 1. The topological polar surface area (TPSA) is 44.3 Å². The fourth-order valence-electron chi connectivity index (χ4n) is 0.611. The second-order valence-corrected chi connectivity index (χ2v) is 2.70. The molecule has 0 aromatic heterocycles. The molecule has 62 valence electrons. The summed E-state index contributed by atoms with van der Waals surface area (Å²) in [7, 11) is 1.93. The molecule has 0 bridgehead atoms. The lowest BCUT2D eigenvalue weighted by atomic mass is 10.3. The Balaban J connectivity index is 3.03. The maximum Gasteiger partial charge on any atom is 0.0636 e. The lowest BCUT2D eigenvalue weighted by Gasteiger charge is -2.11. The van der Waals surface area contributed by atoms with Crippen molar-refractivity contribution >= 4 is 0 Å². The number of nitrogens with one attached hydrogen (secondary N) is 2. The Morgan fingerprint density at radius 3 is 2.30 bits per heavy atom. The van der Waals surface area contributed by atoms with Crippen molar-refractivity contribution in [1.29, 1.82) is 0 Å². The van der Waals surface area contributed by atoms with E-state index < -0.39 is 0 Å². The summed E-state index contributed by atoms with van der Waals surface area (Å²) in [6, 6.07) is 0.471. The van der Waals surface area contributed by atoms with E-state index in [0.717, 1.165) is 6.54 Å². The number of aliphatic hydroxyl groups excluding tert-OH is 1. The molecule has 0 heterocycles. The summed E-state index contributed by atoms with van der Waals surface area (Å²) in [5, 5.41) is 15.1. The van der Waals surface area contributed by atoms with Crippen LogP contribution in [0.15, 0.2) is 0 Å². The SMILES string of the molecule is CNC(C)CNCC(C)O. The van der Waals surface area contributed by atoms with Gasteiger partial charge in [0, 0.05) is 19.1 Å². The highest BCUT2D eigenvalue weighted by atomic mass is 16.3. The van der Waals surface area contributed by atoms with E-state index in [9.17, 15) is 0 Å². The largest absolute Gasteiger partial charge is 0.392 e. The van der Waals surface area contributed by atoms with Crippen molar-refractivity contribution in [3.8, 4) is 0 Å². The average Bonchev–Trinajstić information content (AvgIpc) is 1.87. The van der Waals surface area contributed by atoms with E-state index in [4.69, 9.17) is 5.11 Å². The first-order valence-corrected chi connectivity index (χ1v) is 3.73. The number of hydrogen-bond donors (Lipinski definition) is 3. The molecule has 3 heteroatoms. The first kappa shape index (κ1) is 9.88. The molecule has 0 aliphatic heterocycles. The third kappa shape index (κ3) is 6.01. The van der Waals surface area contributed by atoms with Crippen LogP contribution in [0.5, 0.6) is 0 Å². The van der Waals surface area contributed by atoms with Gasteiger partial charge in [0.15, 0.2) is 0 Å². The molecule has 2 unspecified atom stereocenters. The van der Waals surface area contributed by atoms with Gasteiger partial charge in [-0.15, -0.1) is 0 Å². The predicted molar refractivity (Wildman–Crippen MR) is 43.1 cm³/mol. The van der Waals surface area contributed by atoms with Crippen LogP contribution < -0.4 is 10.6 Å². The highest BCUT2D eigenvalue weighted by Gasteiger charge is 1.97. The first-order chi connectivity index (χ1) is 4.66. The van der Waals surface area contributed by atoms with E-state index in [1.165, 1.54) is 0 Å². The summed E-state index contributed by atoms with van der Waals surface area (Å²) in [5.41, 5.74) is 0. The van der Waals surface area contributed by atoms with Crippen LogP contribution in [0.1, 0.15) is 13.8 Å². The van der Waals surface area contributed by atoms with Gasteiger partial charge in [0.05, 0.1) is 6.10 Å². The maximum atomic E-state index is 8.86. The van der Waals surface area contributed by atoms with Gasteiger partial charge in [-0.05, 0) is 20.9 Å². The Hall–Kier alpha value is -0.120. The molecule has 0 fully saturated rings. The smallest absolute Gasteiger partial charge is 0.0636 e. The third-order valence-electron chi connectivity index (χ3n) is 1.38. The van der Waals surface area contributed by atoms with Gasteiger partial charge in [-0.3, -0.25) is 0 Å². The van der Waals surface area contributed by atoms with E-state index >= 15 is 0 Å². The average molecular weight is 146 g/mol. The van der Waals surface area contributed by atoms with Crippen molar-refractivity contribution < 1.29 is 5.11 Å². The Morgan fingerprint density at radius 2 is 1.90 bits per heavy atom. The van der Waals surface area contributed by atoms with Crippen LogP contribution in [0.4, 0.5) is 0 Å². The molecule has 3 nitrogen and oxygen atoms in total. The van der Waals surface area contributed by atoms with Crippen molar-refractivity contribution in [2.45, 2.75) is 26.0 Å². The molecule has 0 saturated carbocycles. The lowest BCUT2D eigenvalue weighted by Crippen LogP contribution is -2.36. The van der Waals surface area contributed by atoms with E-state index in [-0.39, 0.29) is 6.10 Å². The molecular formula is C7H18N2O. The zero-order valence-electron chi connectivity index (χ0n) is 7.02. The Kier molecular flexibility index (Phi) is 5.58. The second-order valence-electron chi connectivity index (χ2n) is 2.70. The normalized spacial score (nSPS) is 16.8. The van der Waals surface area contributed by atoms with Gasteiger partial charge in [-0.2, -0.15) is 0 Å². The van der Waals surface area contributed by atoms with Gasteiger partial charge in [0.1, 0.15) is 0 Å². The van der Waals surface area contributed by atoms with Gasteiger partial charge in [0.25, 0.3) is 0 Å². The quantitative estimate of drug-likeness (QED) is 0.493. The van der Waals surface area contributed by atoms with Crippen LogP contribution in [-0.2, 0) is 0 Å². The second kappa shape index (κ2) is 5.65. The minimum Gasteiger partial charge on any atom is -0.392 e. The molecule has 3 N–H and O–H groups in total. The van der Waals surface area contributed by atoms with Crippen LogP contribution >= 0.6 is 0 Å². The van der Waals surface area contributed by atoms with Crippen LogP contribution in [0.3, 0.4) is 0 Å². The molecule has 0 aliphatic carbocycles. The molecule has 2 atom stereocenters. The van der Waals surface area contributed by atoms with Gasteiger partial charge in [-0.1, -0.05) is 0 Å². The minimum atomic E-state index is -0.246. The molecule has 0 aromatic rings. The van der Waals surface area contributed by atoms with Crippen molar-refractivity contribution in [2.75, 3.05) is 20.1 Å². The lowest BCUT2D eigenvalue weighted by molar-refractivity contribution is 0.190. The summed E-state index contributed by atoms with van der Waals surface area (Å²) in [4.78, 5) is 0. The molecule has 0 amide bonds. The van der Waals surface area contributed by atoms with Crippen LogP contribution in [-0.4, -0.2) is 37.4 Å². The Morgan fingerprint density at radius 1 is 1.30 bits per heavy atom. The molecule has 0 aromatic carbocycles. The summed E-state index contributed by atoms with van der Waals surface area (Å²) in [5.74, 6) is 0. The van der Waals surface area contributed by atoms with E-state index in [1.807, 2.05) is 7.05 Å². The summed E-state index contributed by atoms with van der Waals surface area (Å²) in [6.45, 7) is 5.44. The minimum absolute atomic E-state index is 0.246. The van der Waals surface area contributed by atoms with Crippen molar-refractivity contribution in [2.24, 2.45) is 0 Å². The fraction of sp³-hybridized carbons (Fsp3) is 1.00. The highest BCUT2D eigenvalue weighted by molar-refractivity contribution is 4.61. The Bertz CT molecular complexity index is 76.0. The number of aliphatic hydroxyl groups is 1. The van der Waals surface area contributed by atoms with E-state index in [0.29, 0.717) is 12.6 Å². The standard InChI is InChI=1S/C7H18N2O/c1-6(8-3)4-9-5-7(2)10/h6-10H,4-5H2,1-3H3. The van der Waals surface area contributed by atoms with Crippen LogP contribution in [0, 0.1) is 0 Å². The van der Waals surface area contributed by atoms with Crippen molar-refractivity contribution in [3.63, 3.8) is 0 Å². The van der Waals surface area contributed by atoms with Crippen molar-refractivity contribution in [1.82, 2.24) is 10.6 Å². The van der Waals surface area contributed by atoms with E-state index in [1.54, 1.807) is 6.92 Å². The van der Waals surface area contributed by atoms with Gasteiger partial charge in [0.2, 0.25) is 0 Å². The monoisotopic (exact) mass is 146 g/mol. The number of hydrogen-bond acceptors (Lipinski definition) is 3. The van der Waals surface area contributed by atoms with Crippen LogP contribution in [0.25, 0.3) is 0 Å². The number of rotatable bonds is 5. The molecule has 0 saturated heterocycles. The summed E-state index contributed by atoms with van der Waals surface area (Å²) in [6.07, 6.45) is -0.246. The molecule has 0 aliphatic rings. The first-order valence-electron chi connectivity index (χ1n) is 3.73. The molecule has 0 rings (SSSR count). The summed E-state index contributed by atoms with van der Waals surface area (Å²) < 4.78 is 0. The maximum absolute atomic E-state index is 8.86. The van der Waals surface area contributed by atoms with Crippen molar-refractivity contribution in [3.05, 3.63) is 0 Å². The van der Waals surface area contributed by atoms with Gasteiger partial charge >= 0.3 is 0 Å². The summed E-state index contributed by atoms with van der Waals surface area (Å²) >= 11 is 0. The zero-order valence-corrected chi connectivity index (χ0v) is 7.02. The van der Waals surface area contributed by atoms with Crippen LogP contribution in [0.2, 0.25) is 0 Å². The van der Waals surface area contributed by atoms with Gasteiger partial charge < -0.3 is 15.7 Å². The fourth-order valence-corrected chi connectivity index (χ4v) is 0.611. The van der Waals surface area contributed by atoms with Gasteiger partial charge in [-0.25, -0.2) is 0 Å². The molecule has 0 radical (unpaired) electrons. The Labute approximate surface area is 62.8 Å². The molecule has 0 spiro atoms. The molecule has 10 heavy (non-hydrogen) atoms. The predicted octanol–water partition coefficient (Wildman–Crippen LogP) is -0.435. The highest BCUT2D eigenvalue weighted by Crippen LogP contribution is 1.77. The molecular weight excluding hydrogens is 128 g/mol.